The van der Waals surface area contributed by atoms with E-state index in [1.165, 1.54) is 0 Å². The molecule has 0 spiro atoms. The summed E-state index contributed by atoms with van der Waals surface area (Å²) in [6.07, 6.45) is 2.19. The number of rotatable bonds is 2. The van der Waals surface area contributed by atoms with Gasteiger partial charge in [0, 0.05) is 12.6 Å². The van der Waals surface area contributed by atoms with Crippen molar-refractivity contribution in [1.82, 2.24) is 10.2 Å². The Morgan fingerprint density at radius 3 is 2.77 bits per heavy atom. The van der Waals surface area contributed by atoms with Gasteiger partial charge in [-0.1, -0.05) is 0 Å². The van der Waals surface area contributed by atoms with Gasteiger partial charge < -0.3 is 10.2 Å². The van der Waals surface area contributed by atoms with Crippen LogP contribution in [0.1, 0.15) is 26.7 Å². The average molecular weight is 184 g/mol. The van der Waals surface area contributed by atoms with Crippen LogP contribution in [-0.2, 0) is 4.79 Å². The molecule has 13 heavy (non-hydrogen) atoms. The lowest BCUT2D eigenvalue weighted by molar-refractivity contribution is -0.127. The first kappa shape index (κ1) is 10.5. The highest BCUT2D eigenvalue weighted by molar-refractivity contribution is 5.79. The quantitative estimate of drug-likeness (QED) is 0.690. The fraction of sp³-hybridized carbons (Fsp3) is 0.900. The van der Waals surface area contributed by atoms with Crippen LogP contribution >= 0.6 is 0 Å². The van der Waals surface area contributed by atoms with Gasteiger partial charge in [0.2, 0.25) is 5.91 Å². The van der Waals surface area contributed by atoms with Crippen molar-refractivity contribution in [3.8, 4) is 0 Å². The fourth-order valence-electron chi connectivity index (χ4n) is 1.78. The molecule has 1 aliphatic rings. The predicted octanol–water partition coefficient (Wildman–Crippen LogP) is 0.853. The van der Waals surface area contributed by atoms with Gasteiger partial charge in [-0.05, 0) is 40.3 Å². The van der Waals surface area contributed by atoms with Gasteiger partial charge in [-0.2, -0.15) is 0 Å². The fourth-order valence-corrected chi connectivity index (χ4v) is 1.78. The second-order valence-electron chi connectivity index (χ2n) is 4.26. The lowest BCUT2D eigenvalue weighted by Crippen LogP contribution is -2.43. The zero-order valence-corrected chi connectivity index (χ0v) is 8.84. The summed E-state index contributed by atoms with van der Waals surface area (Å²) in [5, 5.41) is 2.97. The number of amides is 1. The molecule has 0 unspecified atom stereocenters. The molecular formula is C10H20N2O. The smallest absolute Gasteiger partial charge is 0.224 e. The van der Waals surface area contributed by atoms with Gasteiger partial charge in [0.15, 0.2) is 0 Å². The van der Waals surface area contributed by atoms with Crippen molar-refractivity contribution in [2.24, 2.45) is 5.92 Å². The van der Waals surface area contributed by atoms with Crippen molar-refractivity contribution < 1.29 is 4.79 Å². The lowest BCUT2D eigenvalue weighted by atomic mass is 9.97. The first-order valence-corrected chi connectivity index (χ1v) is 5.08. The molecule has 1 aliphatic heterocycles. The second kappa shape index (κ2) is 4.61. The van der Waals surface area contributed by atoms with Crippen LogP contribution < -0.4 is 5.32 Å². The number of hydrogen-bond acceptors (Lipinski definition) is 2. The molecule has 0 radical (unpaired) electrons. The van der Waals surface area contributed by atoms with Crippen LogP contribution in [0.2, 0.25) is 0 Å². The van der Waals surface area contributed by atoms with Crippen LogP contribution in [0, 0.1) is 5.92 Å². The van der Waals surface area contributed by atoms with Crippen molar-refractivity contribution in [2.75, 3.05) is 20.1 Å². The Labute approximate surface area is 80.5 Å². The normalized spacial score (nSPS) is 24.8. The number of carbonyl (C=O) groups excluding carboxylic acids is 1. The zero-order chi connectivity index (χ0) is 9.84. The molecule has 0 aliphatic carbocycles. The van der Waals surface area contributed by atoms with E-state index in [0.29, 0.717) is 0 Å². The summed E-state index contributed by atoms with van der Waals surface area (Å²) in [7, 11) is 2.08. The number of likely N-dealkylation sites (tertiary alicyclic amines) is 1. The maximum absolute atomic E-state index is 11.6. The summed E-state index contributed by atoms with van der Waals surface area (Å²) >= 11 is 0. The third kappa shape index (κ3) is 3.35. The Kier molecular flexibility index (Phi) is 3.72. The summed E-state index contributed by atoms with van der Waals surface area (Å²) in [5.74, 6) is 0.433. The van der Waals surface area contributed by atoms with Crippen LogP contribution in [0.15, 0.2) is 0 Å². The molecule has 1 heterocycles. The molecule has 76 valence electrons. The van der Waals surface area contributed by atoms with Crippen molar-refractivity contribution in [2.45, 2.75) is 32.7 Å². The Morgan fingerprint density at radius 2 is 2.23 bits per heavy atom. The number of carbonyl (C=O) groups is 1. The van der Waals surface area contributed by atoms with Crippen LogP contribution in [-0.4, -0.2) is 37.0 Å². The van der Waals surface area contributed by atoms with Crippen LogP contribution in [0.3, 0.4) is 0 Å². The van der Waals surface area contributed by atoms with E-state index >= 15 is 0 Å². The van der Waals surface area contributed by atoms with Crippen molar-refractivity contribution in [1.29, 1.82) is 0 Å². The van der Waals surface area contributed by atoms with E-state index in [1.807, 2.05) is 13.8 Å². The molecule has 0 aromatic rings. The van der Waals surface area contributed by atoms with Gasteiger partial charge in [-0.3, -0.25) is 4.79 Å². The van der Waals surface area contributed by atoms with Gasteiger partial charge in [0.05, 0.1) is 5.92 Å². The lowest BCUT2D eigenvalue weighted by Gasteiger charge is -2.29. The second-order valence-corrected chi connectivity index (χ2v) is 4.26. The van der Waals surface area contributed by atoms with Crippen molar-refractivity contribution in [3.63, 3.8) is 0 Å². The van der Waals surface area contributed by atoms with E-state index in [1.54, 1.807) is 0 Å². The van der Waals surface area contributed by atoms with Crippen LogP contribution in [0.25, 0.3) is 0 Å². The van der Waals surface area contributed by atoms with Gasteiger partial charge in [-0.15, -0.1) is 0 Å². The number of hydrogen-bond donors (Lipinski definition) is 1. The van der Waals surface area contributed by atoms with E-state index in [0.717, 1.165) is 25.9 Å². The highest BCUT2D eigenvalue weighted by atomic mass is 16.1. The van der Waals surface area contributed by atoms with Crippen LogP contribution in [0.4, 0.5) is 0 Å². The summed E-state index contributed by atoms with van der Waals surface area (Å²) in [6.45, 7) is 6.05. The molecule has 0 aromatic heterocycles. The van der Waals surface area contributed by atoms with Gasteiger partial charge in [-0.25, -0.2) is 0 Å². The highest BCUT2D eigenvalue weighted by Gasteiger charge is 2.23. The van der Waals surface area contributed by atoms with E-state index in [9.17, 15) is 4.79 Å². The van der Waals surface area contributed by atoms with Gasteiger partial charge in [0.25, 0.3) is 0 Å². The largest absolute Gasteiger partial charge is 0.354 e. The third-order valence-electron chi connectivity index (χ3n) is 2.43. The van der Waals surface area contributed by atoms with Crippen molar-refractivity contribution in [3.05, 3.63) is 0 Å². The summed E-state index contributed by atoms with van der Waals surface area (Å²) in [5.41, 5.74) is 0. The zero-order valence-electron chi connectivity index (χ0n) is 8.84. The Bertz CT molecular complexity index is 180. The third-order valence-corrected chi connectivity index (χ3v) is 2.43. The molecule has 0 saturated carbocycles. The molecule has 1 atom stereocenters. The van der Waals surface area contributed by atoms with Gasteiger partial charge in [0.1, 0.15) is 0 Å². The molecule has 1 amide bonds. The minimum atomic E-state index is 0.209. The topological polar surface area (TPSA) is 32.3 Å². The Morgan fingerprint density at radius 1 is 1.54 bits per heavy atom. The predicted molar refractivity (Wildman–Crippen MR) is 53.5 cm³/mol. The van der Waals surface area contributed by atoms with E-state index in [2.05, 4.69) is 17.3 Å². The van der Waals surface area contributed by atoms with E-state index < -0.39 is 0 Å². The highest BCUT2D eigenvalue weighted by Crippen LogP contribution is 2.14. The summed E-state index contributed by atoms with van der Waals surface area (Å²) in [6, 6.07) is 0.264. The Balaban J connectivity index is 2.37. The van der Waals surface area contributed by atoms with E-state index in [4.69, 9.17) is 0 Å². The summed E-state index contributed by atoms with van der Waals surface area (Å²) in [4.78, 5) is 13.8. The number of nitrogens with zero attached hydrogens (tertiary/aromatic N) is 1. The monoisotopic (exact) mass is 184 g/mol. The molecule has 1 fully saturated rings. The van der Waals surface area contributed by atoms with Crippen molar-refractivity contribution >= 4 is 5.91 Å². The first-order chi connectivity index (χ1) is 6.09. The number of piperidine rings is 1. The molecule has 0 aromatic carbocycles. The molecular weight excluding hydrogens is 164 g/mol. The molecule has 3 heteroatoms. The van der Waals surface area contributed by atoms with E-state index in [-0.39, 0.29) is 17.9 Å². The molecule has 1 N–H and O–H groups in total. The van der Waals surface area contributed by atoms with Crippen LogP contribution in [0.5, 0.6) is 0 Å². The molecule has 0 bridgehead atoms. The number of nitrogens with one attached hydrogen (secondary N) is 1. The maximum atomic E-state index is 11.6. The minimum Gasteiger partial charge on any atom is -0.354 e. The molecule has 3 nitrogen and oxygen atoms in total. The standard InChI is InChI=1S/C10H20N2O/c1-8(2)11-10(13)9-5-4-6-12(3)7-9/h8-9H,4-7H2,1-3H3,(H,11,13)/t9-/m0/s1. The van der Waals surface area contributed by atoms with Gasteiger partial charge >= 0.3 is 0 Å². The minimum absolute atomic E-state index is 0.209. The molecule has 1 rings (SSSR count). The first-order valence-electron chi connectivity index (χ1n) is 5.08. The maximum Gasteiger partial charge on any atom is 0.224 e. The SMILES string of the molecule is CC(C)NC(=O)[C@H]1CCCN(C)C1. The Hall–Kier alpha value is -0.570. The molecule has 1 saturated heterocycles. The summed E-state index contributed by atoms with van der Waals surface area (Å²) < 4.78 is 0. The average Bonchev–Trinajstić information content (AvgIpc) is 2.03.